The van der Waals surface area contributed by atoms with Gasteiger partial charge < -0.3 is 29.5 Å². The summed E-state index contributed by atoms with van der Waals surface area (Å²) in [7, 11) is 1.41. The second-order valence-corrected chi connectivity index (χ2v) is 8.56. The SMILES string of the molecule is COc1cc(O)c(O)c2c1C(=O)O[C@@H]2CCCCCCCCCC1(O)CC[C@@H](C)O1. The minimum atomic E-state index is -0.906. The summed E-state index contributed by atoms with van der Waals surface area (Å²) < 4.78 is 16.2. The normalized spacial score (nSPS) is 25.4. The molecule has 0 radical (unpaired) electrons. The van der Waals surface area contributed by atoms with Crippen molar-refractivity contribution in [2.24, 2.45) is 0 Å². The molecule has 1 aromatic carbocycles. The number of phenols is 2. The number of carbonyl (C=O) groups excluding carboxylic acids is 1. The van der Waals surface area contributed by atoms with Crippen LogP contribution in [0, 0.1) is 0 Å². The lowest BCUT2D eigenvalue weighted by atomic mass is 9.97. The molecule has 0 spiro atoms. The van der Waals surface area contributed by atoms with E-state index in [1.54, 1.807) is 0 Å². The van der Waals surface area contributed by atoms with Gasteiger partial charge in [0, 0.05) is 18.9 Å². The summed E-state index contributed by atoms with van der Waals surface area (Å²) in [5.41, 5.74) is 0.540. The Kier molecular flexibility index (Phi) is 7.47. The lowest BCUT2D eigenvalue weighted by Crippen LogP contribution is -2.27. The molecule has 2 heterocycles. The summed E-state index contributed by atoms with van der Waals surface area (Å²) in [5.74, 6) is -1.82. The fourth-order valence-corrected chi connectivity index (χ4v) is 4.51. The highest BCUT2D eigenvalue weighted by Crippen LogP contribution is 2.48. The van der Waals surface area contributed by atoms with E-state index in [0.717, 1.165) is 57.8 Å². The number of methoxy groups -OCH3 is 1. The highest BCUT2D eigenvalue weighted by atomic mass is 16.6. The van der Waals surface area contributed by atoms with Gasteiger partial charge in [-0.15, -0.1) is 0 Å². The van der Waals surface area contributed by atoms with Gasteiger partial charge in [0.15, 0.2) is 17.3 Å². The smallest absolute Gasteiger partial charge is 0.343 e. The highest BCUT2D eigenvalue weighted by molar-refractivity contribution is 5.98. The zero-order valence-electron chi connectivity index (χ0n) is 18.0. The van der Waals surface area contributed by atoms with Crippen LogP contribution in [0.2, 0.25) is 0 Å². The number of esters is 1. The predicted molar refractivity (Wildman–Crippen MR) is 111 cm³/mol. The van der Waals surface area contributed by atoms with Crippen LogP contribution < -0.4 is 4.74 Å². The van der Waals surface area contributed by atoms with E-state index in [4.69, 9.17) is 14.2 Å². The first-order chi connectivity index (χ1) is 14.3. The first-order valence-electron chi connectivity index (χ1n) is 11.1. The van der Waals surface area contributed by atoms with E-state index in [-0.39, 0.29) is 28.9 Å². The number of phenolic OH excluding ortho intramolecular Hbond substituents is 2. The van der Waals surface area contributed by atoms with E-state index < -0.39 is 17.9 Å². The number of hydrogen-bond acceptors (Lipinski definition) is 7. The van der Waals surface area contributed by atoms with Crippen LogP contribution in [0.1, 0.15) is 99.6 Å². The molecule has 3 N–H and O–H groups in total. The van der Waals surface area contributed by atoms with Gasteiger partial charge in [0.25, 0.3) is 0 Å². The van der Waals surface area contributed by atoms with Crippen LogP contribution in [0.25, 0.3) is 0 Å². The Bertz CT molecular complexity index is 748. The van der Waals surface area contributed by atoms with E-state index >= 15 is 0 Å². The molecule has 2 aliphatic rings. The molecule has 7 nitrogen and oxygen atoms in total. The topological polar surface area (TPSA) is 105 Å². The van der Waals surface area contributed by atoms with E-state index in [2.05, 4.69) is 0 Å². The molecule has 0 saturated carbocycles. The number of carbonyl (C=O) groups is 1. The third kappa shape index (κ3) is 5.19. The molecule has 7 heteroatoms. The Morgan fingerprint density at radius 2 is 1.80 bits per heavy atom. The fraction of sp³-hybridized carbons (Fsp3) is 0.696. The maximum Gasteiger partial charge on any atom is 0.343 e. The number of cyclic esters (lactones) is 1. The minimum Gasteiger partial charge on any atom is -0.504 e. The molecule has 1 aromatic rings. The van der Waals surface area contributed by atoms with Crippen molar-refractivity contribution in [3.05, 3.63) is 17.2 Å². The van der Waals surface area contributed by atoms with Gasteiger partial charge in [0.2, 0.25) is 0 Å². The molecule has 30 heavy (non-hydrogen) atoms. The summed E-state index contributed by atoms with van der Waals surface area (Å²) in [6, 6.07) is 1.23. The third-order valence-electron chi connectivity index (χ3n) is 6.17. The van der Waals surface area contributed by atoms with Crippen molar-refractivity contribution in [2.75, 3.05) is 7.11 Å². The molecule has 0 bridgehead atoms. The summed E-state index contributed by atoms with van der Waals surface area (Å²) >= 11 is 0. The number of benzene rings is 1. The maximum absolute atomic E-state index is 12.2. The van der Waals surface area contributed by atoms with Gasteiger partial charge in [-0.1, -0.05) is 32.1 Å². The van der Waals surface area contributed by atoms with E-state index in [1.165, 1.54) is 13.2 Å². The average molecular weight is 423 g/mol. The quantitative estimate of drug-likeness (QED) is 0.269. The lowest BCUT2D eigenvalue weighted by Gasteiger charge is -2.22. The Labute approximate surface area is 178 Å². The van der Waals surface area contributed by atoms with Crippen molar-refractivity contribution >= 4 is 5.97 Å². The standard InChI is InChI=1S/C23H34O7/c1-15-11-13-23(27,30-15)12-9-7-5-3-4-6-8-10-17-19-20(22(26)29-17)18(28-2)14-16(24)21(19)25/h14-15,17,24-25,27H,3-13H2,1-2H3/t15-,17-,23?/m1/s1. The maximum atomic E-state index is 12.2. The van der Waals surface area contributed by atoms with Crippen LogP contribution in [-0.2, 0) is 9.47 Å². The lowest BCUT2D eigenvalue weighted by molar-refractivity contribution is -0.193. The molecule has 0 amide bonds. The van der Waals surface area contributed by atoms with Crippen LogP contribution in [0.4, 0.5) is 0 Å². The first kappa shape index (κ1) is 22.7. The largest absolute Gasteiger partial charge is 0.504 e. The van der Waals surface area contributed by atoms with Crippen molar-refractivity contribution < 1.29 is 34.3 Å². The van der Waals surface area contributed by atoms with Gasteiger partial charge >= 0.3 is 5.97 Å². The molecule has 1 unspecified atom stereocenters. The van der Waals surface area contributed by atoms with Crippen LogP contribution in [0.3, 0.4) is 0 Å². The number of aromatic hydroxyl groups is 2. The molecule has 2 aliphatic heterocycles. The van der Waals surface area contributed by atoms with Crippen molar-refractivity contribution in [1.29, 1.82) is 0 Å². The summed E-state index contributed by atoms with van der Waals surface area (Å²) in [4.78, 5) is 12.2. The summed E-state index contributed by atoms with van der Waals surface area (Å²) in [5, 5.41) is 30.4. The zero-order valence-corrected chi connectivity index (χ0v) is 18.0. The molecular formula is C23H34O7. The minimum absolute atomic E-state index is 0.160. The van der Waals surface area contributed by atoms with Gasteiger partial charge in [0.05, 0.1) is 18.8 Å². The zero-order chi connectivity index (χ0) is 21.7. The van der Waals surface area contributed by atoms with Gasteiger partial charge in [-0.2, -0.15) is 0 Å². The van der Waals surface area contributed by atoms with Crippen LogP contribution >= 0.6 is 0 Å². The van der Waals surface area contributed by atoms with Crippen LogP contribution in [-0.4, -0.2) is 40.3 Å². The van der Waals surface area contributed by atoms with Crippen molar-refractivity contribution in [1.82, 2.24) is 0 Å². The van der Waals surface area contributed by atoms with E-state index in [0.29, 0.717) is 18.4 Å². The Hall–Kier alpha value is -1.99. The monoisotopic (exact) mass is 422 g/mol. The Balaban J connectivity index is 1.34. The number of ether oxygens (including phenoxy) is 3. The average Bonchev–Trinajstić information content (AvgIpc) is 3.22. The van der Waals surface area contributed by atoms with Crippen LogP contribution in [0.15, 0.2) is 6.07 Å². The predicted octanol–water partition coefficient (Wildman–Crippen LogP) is 4.72. The molecule has 0 aromatic heterocycles. The van der Waals surface area contributed by atoms with Crippen molar-refractivity contribution in [3.63, 3.8) is 0 Å². The Morgan fingerprint density at radius 3 is 2.43 bits per heavy atom. The van der Waals surface area contributed by atoms with Gasteiger partial charge in [-0.25, -0.2) is 4.79 Å². The fourth-order valence-electron chi connectivity index (χ4n) is 4.51. The first-order valence-corrected chi connectivity index (χ1v) is 11.1. The number of unbranched alkanes of at least 4 members (excludes halogenated alkanes) is 6. The summed E-state index contributed by atoms with van der Waals surface area (Å²) in [6.45, 7) is 2.00. The molecule has 168 valence electrons. The number of aliphatic hydroxyl groups is 1. The van der Waals surface area contributed by atoms with E-state index in [9.17, 15) is 20.1 Å². The van der Waals surface area contributed by atoms with Gasteiger partial charge in [-0.3, -0.25) is 0 Å². The van der Waals surface area contributed by atoms with Crippen molar-refractivity contribution in [3.8, 4) is 17.2 Å². The second kappa shape index (κ2) is 9.88. The molecule has 0 aliphatic carbocycles. The second-order valence-electron chi connectivity index (χ2n) is 8.56. The summed E-state index contributed by atoms with van der Waals surface area (Å²) in [6.07, 6.45) is 9.84. The van der Waals surface area contributed by atoms with E-state index in [1.807, 2.05) is 6.92 Å². The molecule has 1 saturated heterocycles. The van der Waals surface area contributed by atoms with Gasteiger partial charge in [-0.05, 0) is 32.6 Å². The number of fused-ring (bicyclic) bond motifs is 1. The van der Waals surface area contributed by atoms with Gasteiger partial charge in [0.1, 0.15) is 17.4 Å². The molecule has 1 fully saturated rings. The number of hydrogen-bond donors (Lipinski definition) is 3. The molecule has 3 rings (SSSR count). The van der Waals surface area contributed by atoms with Crippen molar-refractivity contribution in [2.45, 2.75) is 95.5 Å². The molecule has 3 atom stereocenters. The highest BCUT2D eigenvalue weighted by Gasteiger charge is 2.38. The number of rotatable bonds is 11. The van der Waals surface area contributed by atoms with Crippen LogP contribution in [0.5, 0.6) is 17.2 Å². The Morgan fingerprint density at radius 1 is 1.13 bits per heavy atom. The third-order valence-corrected chi connectivity index (χ3v) is 6.17. The molecular weight excluding hydrogens is 388 g/mol.